The number of aromatic nitrogens is 4. The van der Waals surface area contributed by atoms with Crippen LogP contribution in [0.25, 0.3) is 101 Å². The molecule has 0 amide bonds. The lowest BCUT2D eigenvalue weighted by Gasteiger charge is -2.15. The first-order valence-corrected chi connectivity index (χ1v) is 18.5. The lowest BCUT2D eigenvalue weighted by Crippen LogP contribution is -1.96. The summed E-state index contributed by atoms with van der Waals surface area (Å²) < 4.78 is 0. The Hall–Kier alpha value is -6.78. The molecule has 0 fully saturated rings. The van der Waals surface area contributed by atoms with Crippen molar-refractivity contribution in [2.24, 2.45) is 0 Å². The normalized spacial score (nSPS) is 11.9. The molecule has 0 N–H and O–H groups in total. The van der Waals surface area contributed by atoms with E-state index in [0.29, 0.717) is 0 Å². The quantitative estimate of drug-likeness (QED) is 0.163. The minimum atomic E-state index is 0.900. The summed E-state index contributed by atoms with van der Waals surface area (Å²) in [6, 6.07) is 47.2. The Morgan fingerprint density at radius 2 is 0.796 bits per heavy atom. The third-order valence-corrected chi connectivity index (χ3v) is 10.3. The second-order valence-electron chi connectivity index (χ2n) is 13.9. The Morgan fingerprint density at radius 1 is 0.389 bits per heavy atom. The summed E-state index contributed by atoms with van der Waals surface area (Å²) in [6.07, 6.45) is 8.19. The number of pyridine rings is 4. The van der Waals surface area contributed by atoms with E-state index in [2.05, 4.69) is 159 Å². The molecule has 0 atom stereocenters. The third kappa shape index (κ3) is 5.82. The van der Waals surface area contributed by atoms with Gasteiger partial charge in [0.2, 0.25) is 0 Å². The summed E-state index contributed by atoms with van der Waals surface area (Å²) >= 11 is 0. The van der Waals surface area contributed by atoms with E-state index in [4.69, 9.17) is 19.9 Å². The van der Waals surface area contributed by atoms with Crippen LogP contribution in [0.4, 0.5) is 0 Å². The van der Waals surface area contributed by atoms with Crippen molar-refractivity contribution in [1.82, 2.24) is 19.9 Å². The van der Waals surface area contributed by atoms with Gasteiger partial charge in [-0.1, -0.05) is 109 Å². The van der Waals surface area contributed by atoms with Crippen molar-refractivity contribution in [3.8, 4) is 44.8 Å². The first-order chi connectivity index (χ1) is 26.5. The van der Waals surface area contributed by atoms with Gasteiger partial charge < -0.3 is 0 Å². The maximum atomic E-state index is 5.33. The van der Waals surface area contributed by atoms with Gasteiger partial charge in [0.1, 0.15) is 0 Å². The average molecular weight is 695 g/mol. The van der Waals surface area contributed by atoms with E-state index in [1.165, 1.54) is 0 Å². The molecule has 0 aliphatic rings. The smallest absolute Gasteiger partial charge is 0.0978 e. The van der Waals surface area contributed by atoms with Crippen molar-refractivity contribution >= 4 is 55.8 Å². The molecule has 0 saturated heterocycles. The zero-order chi connectivity index (χ0) is 36.8. The van der Waals surface area contributed by atoms with E-state index in [9.17, 15) is 0 Å². The fourth-order valence-corrected chi connectivity index (χ4v) is 7.68. The molecule has 0 bridgehead atoms. The molecule has 0 aliphatic heterocycles. The van der Waals surface area contributed by atoms with Crippen LogP contribution in [0.3, 0.4) is 0 Å². The van der Waals surface area contributed by atoms with Crippen LogP contribution in [-0.2, 0) is 0 Å². The Morgan fingerprint density at radius 3 is 1.20 bits per heavy atom. The van der Waals surface area contributed by atoms with Crippen molar-refractivity contribution in [1.29, 1.82) is 0 Å². The lowest BCUT2D eigenvalue weighted by molar-refractivity contribution is 1.30. The van der Waals surface area contributed by atoms with Crippen LogP contribution in [0.1, 0.15) is 36.4 Å². The molecule has 54 heavy (non-hydrogen) atoms. The molecular formula is C50H38N4. The number of aryl methyl sites for hydroxylation is 2. The van der Waals surface area contributed by atoms with Crippen molar-refractivity contribution in [2.75, 3.05) is 0 Å². The summed E-state index contributed by atoms with van der Waals surface area (Å²) in [5.41, 5.74) is 16.4. The van der Waals surface area contributed by atoms with Gasteiger partial charge >= 0.3 is 0 Å². The summed E-state index contributed by atoms with van der Waals surface area (Å²) in [7, 11) is 0. The Labute approximate surface area is 315 Å². The molecule has 4 nitrogen and oxygen atoms in total. The number of hydrogen-bond donors (Lipinski definition) is 0. The Kier molecular flexibility index (Phi) is 8.36. The summed E-state index contributed by atoms with van der Waals surface area (Å²) in [6.45, 7) is 8.38. The van der Waals surface area contributed by atoms with Crippen molar-refractivity contribution in [3.63, 3.8) is 0 Å². The molecule has 4 heterocycles. The van der Waals surface area contributed by atoms with Crippen LogP contribution in [-0.4, -0.2) is 19.9 Å². The minimum Gasteiger partial charge on any atom is -0.246 e. The standard InChI is InChI=1S/C50H38N4/c1-5-13-37-29-43(33-15-9-7-10-16-33)39-23-19-35-21-25-45(53-47(35)49(39)51-37)41-27-32(4)42(28-31(41)3)46-26-22-36-20-24-40-44(34-17-11-8-12-18-34)30-38(14-6-2)52-50(40)48(36)54-46/h5-30H,1-4H3. The van der Waals surface area contributed by atoms with Crippen LogP contribution in [0.5, 0.6) is 0 Å². The molecule has 0 radical (unpaired) electrons. The van der Waals surface area contributed by atoms with Gasteiger partial charge in [0.05, 0.1) is 44.8 Å². The predicted molar refractivity (Wildman–Crippen MR) is 228 cm³/mol. The molecule has 4 aromatic heterocycles. The zero-order valence-corrected chi connectivity index (χ0v) is 30.8. The molecule has 0 spiro atoms. The SMILES string of the molecule is CC=Cc1cc(-c2ccccc2)c2ccc3ccc(-c4cc(C)c(-c5ccc6ccc7c(-c8ccccc8)cc(C=CC)nc7c6n5)cc4C)nc3c2n1. The topological polar surface area (TPSA) is 51.6 Å². The fraction of sp³-hybridized carbons (Fsp3) is 0.0800. The molecular weight excluding hydrogens is 657 g/mol. The first-order valence-electron chi connectivity index (χ1n) is 18.5. The van der Waals surface area contributed by atoms with Gasteiger partial charge in [0.25, 0.3) is 0 Å². The molecule has 258 valence electrons. The number of fused-ring (bicyclic) bond motifs is 6. The van der Waals surface area contributed by atoms with Crippen LogP contribution in [0.15, 0.2) is 146 Å². The minimum absolute atomic E-state index is 0.900. The molecule has 9 aromatic rings. The largest absolute Gasteiger partial charge is 0.246 e. The van der Waals surface area contributed by atoms with Gasteiger partial charge in [-0.3, -0.25) is 0 Å². The van der Waals surface area contributed by atoms with Crippen molar-refractivity contribution in [2.45, 2.75) is 27.7 Å². The van der Waals surface area contributed by atoms with E-state index in [0.717, 1.165) is 111 Å². The monoisotopic (exact) mass is 694 g/mol. The van der Waals surface area contributed by atoms with Crippen LogP contribution in [0.2, 0.25) is 0 Å². The van der Waals surface area contributed by atoms with Gasteiger partial charge in [-0.15, -0.1) is 0 Å². The average Bonchev–Trinajstić information content (AvgIpc) is 3.21. The van der Waals surface area contributed by atoms with Crippen LogP contribution in [0, 0.1) is 13.8 Å². The first kappa shape index (κ1) is 33.1. The third-order valence-electron chi connectivity index (χ3n) is 10.3. The lowest BCUT2D eigenvalue weighted by atomic mass is 9.94. The highest BCUT2D eigenvalue weighted by Crippen LogP contribution is 2.37. The fourth-order valence-electron chi connectivity index (χ4n) is 7.68. The number of hydrogen-bond acceptors (Lipinski definition) is 4. The molecule has 4 heteroatoms. The van der Waals surface area contributed by atoms with Crippen LogP contribution < -0.4 is 0 Å². The number of allylic oxidation sites excluding steroid dienone is 2. The van der Waals surface area contributed by atoms with Gasteiger partial charge in [0, 0.05) is 32.7 Å². The van der Waals surface area contributed by atoms with E-state index >= 15 is 0 Å². The number of nitrogens with zero attached hydrogens (tertiary/aromatic N) is 4. The van der Waals surface area contributed by atoms with Crippen molar-refractivity contribution < 1.29 is 0 Å². The van der Waals surface area contributed by atoms with E-state index in [-0.39, 0.29) is 0 Å². The molecule has 0 unspecified atom stereocenters. The maximum Gasteiger partial charge on any atom is 0.0978 e. The maximum absolute atomic E-state index is 5.33. The number of benzene rings is 5. The van der Waals surface area contributed by atoms with E-state index in [1.807, 2.05) is 26.0 Å². The Bertz CT molecular complexity index is 2760. The summed E-state index contributed by atoms with van der Waals surface area (Å²) in [5.74, 6) is 0. The predicted octanol–water partition coefficient (Wildman–Crippen LogP) is 13.2. The second kappa shape index (κ2) is 13.6. The van der Waals surface area contributed by atoms with Gasteiger partial charge in [-0.05, 0) is 110 Å². The Balaban J connectivity index is 1.18. The summed E-state index contributed by atoms with van der Waals surface area (Å²) in [5, 5.41) is 4.31. The van der Waals surface area contributed by atoms with E-state index in [1.54, 1.807) is 0 Å². The molecule has 0 saturated carbocycles. The second-order valence-corrected chi connectivity index (χ2v) is 13.9. The molecule has 5 aromatic carbocycles. The van der Waals surface area contributed by atoms with Gasteiger partial charge in [-0.25, -0.2) is 19.9 Å². The number of rotatable bonds is 6. The zero-order valence-electron chi connectivity index (χ0n) is 30.8. The highest BCUT2D eigenvalue weighted by atomic mass is 14.8. The molecule has 9 rings (SSSR count). The molecule has 0 aliphatic carbocycles. The highest BCUT2D eigenvalue weighted by Gasteiger charge is 2.17. The van der Waals surface area contributed by atoms with Crippen molar-refractivity contribution in [3.05, 3.63) is 168 Å². The van der Waals surface area contributed by atoms with E-state index < -0.39 is 0 Å². The summed E-state index contributed by atoms with van der Waals surface area (Å²) in [4.78, 5) is 20.9. The van der Waals surface area contributed by atoms with Crippen LogP contribution >= 0.6 is 0 Å². The van der Waals surface area contributed by atoms with Gasteiger partial charge in [0.15, 0.2) is 0 Å². The highest BCUT2D eigenvalue weighted by molar-refractivity contribution is 6.10. The van der Waals surface area contributed by atoms with Gasteiger partial charge in [-0.2, -0.15) is 0 Å².